The van der Waals surface area contributed by atoms with Gasteiger partial charge in [-0.1, -0.05) is 6.92 Å². The molecular weight excluding hydrogens is 248 g/mol. The highest BCUT2D eigenvalue weighted by Gasteiger charge is 2.33. The first-order valence-corrected chi connectivity index (χ1v) is 6.77. The van der Waals surface area contributed by atoms with Crippen molar-refractivity contribution in [2.75, 3.05) is 6.54 Å². The lowest BCUT2D eigenvalue weighted by atomic mass is 10.2. The van der Waals surface area contributed by atoms with Crippen molar-refractivity contribution in [1.29, 1.82) is 0 Å². The molecule has 1 rings (SSSR count). The third kappa shape index (κ3) is 4.54. The lowest BCUT2D eigenvalue weighted by Gasteiger charge is -2.21. The van der Waals surface area contributed by atoms with Gasteiger partial charge in [0.1, 0.15) is 6.04 Å². The van der Waals surface area contributed by atoms with Gasteiger partial charge in [0.25, 0.3) is 0 Å². The van der Waals surface area contributed by atoms with Crippen molar-refractivity contribution in [3.05, 3.63) is 0 Å². The number of hydrogen-bond donors (Lipinski definition) is 2. The van der Waals surface area contributed by atoms with Gasteiger partial charge in [0.15, 0.2) is 0 Å². The molecule has 1 heterocycles. The minimum atomic E-state index is -0.963. The molecule has 0 saturated carbocycles. The van der Waals surface area contributed by atoms with Crippen LogP contribution < -0.4 is 5.32 Å². The number of likely N-dealkylation sites (tertiary alicyclic amines) is 1. The number of rotatable bonds is 6. The third-order valence-corrected chi connectivity index (χ3v) is 3.44. The highest BCUT2D eigenvalue weighted by Crippen LogP contribution is 2.18. The lowest BCUT2D eigenvalue weighted by molar-refractivity contribution is -0.148. The molecule has 0 aromatic rings. The summed E-state index contributed by atoms with van der Waals surface area (Å²) in [5.41, 5.74) is 0. The zero-order valence-corrected chi connectivity index (χ0v) is 11.5. The number of carboxylic acids is 1. The maximum Gasteiger partial charge on any atom is 0.326 e. The van der Waals surface area contributed by atoms with E-state index in [1.807, 2.05) is 13.8 Å². The van der Waals surface area contributed by atoms with Gasteiger partial charge >= 0.3 is 5.97 Å². The fourth-order valence-corrected chi connectivity index (χ4v) is 2.14. The number of carboxylic acid groups (broad SMARTS) is 1. The Morgan fingerprint density at radius 1 is 1.37 bits per heavy atom. The zero-order valence-electron chi connectivity index (χ0n) is 11.5. The molecule has 1 aliphatic rings. The van der Waals surface area contributed by atoms with Crippen LogP contribution in [0.15, 0.2) is 0 Å². The van der Waals surface area contributed by atoms with Crippen LogP contribution in [0.25, 0.3) is 0 Å². The highest BCUT2D eigenvalue weighted by atomic mass is 16.4. The molecule has 0 aliphatic carbocycles. The molecule has 6 heteroatoms. The molecule has 1 aliphatic heterocycles. The van der Waals surface area contributed by atoms with Crippen molar-refractivity contribution in [2.45, 2.75) is 58.0 Å². The molecule has 0 radical (unpaired) electrons. The Kier molecular flexibility index (Phi) is 5.79. The lowest BCUT2D eigenvalue weighted by Crippen LogP contribution is -2.41. The van der Waals surface area contributed by atoms with Crippen LogP contribution in [0.4, 0.5) is 0 Å². The van der Waals surface area contributed by atoms with E-state index in [2.05, 4.69) is 5.32 Å². The summed E-state index contributed by atoms with van der Waals surface area (Å²) >= 11 is 0. The quantitative estimate of drug-likeness (QED) is 0.746. The molecule has 0 spiro atoms. The van der Waals surface area contributed by atoms with Crippen LogP contribution in [0, 0.1) is 0 Å². The van der Waals surface area contributed by atoms with Crippen LogP contribution in [0.2, 0.25) is 0 Å². The second-order valence-corrected chi connectivity index (χ2v) is 4.96. The van der Waals surface area contributed by atoms with Crippen molar-refractivity contribution in [3.8, 4) is 0 Å². The fraction of sp³-hybridized carbons (Fsp3) is 0.769. The summed E-state index contributed by atoms with van der Waals surface area (Å²) in [6.45, 7) is 4.35. The van der Waals surface area contributed by atoms with Crippen LogP contribution in [0.5, 0.6) is 0 Å². The topological polar surface area (TPSA) is 86.7 Å². The van der Waals surface area contributed by atoms with Crippen LogP contribution in [-0.2, 0) is 14.4 Å². The second kappa shape index (κ2) is 7.11. The molecule has 0 aromatic carbocycles. The van der Waals surface area contributed by atoms with E-state index in [1.165, 1.54) is 4.90 Å². The Hall–Kier alpha value is -1.59. The van der Waals surface area contributed by atoms with Crippen molar-refractivity contribution in [3.63, 3.8) is 0 Å². The van der Waals surface area contributed by atoms with Crippen LogP contribution >= 0.6 is 0 Å². The van der Waals surface area contributed by atoms with E-state index >= 15 is 0 Å². The molecular formula is C13H22N2O4. The second-order valence-electron chi connectivity index (χ2n) is 4.96. The van der Waals surface area contributed by atoms with E-state index in [0.29, 0.717) is 19.4 Å². The maximum absolute atomic E-state index is 11.9. The van der Waals surface area contributed by atoms with Gasteiger partial charge in [-0.3, -0.25) is 9.59 Å². The standard InChI is InChI=1S/C13H22N2O4/c1-3-9(2)14-11(16)6-7-12(17)15-8-4-5-10(15)13(18)19/h9-10H,3-8H2,1-2H3,(H,14,16)(H,18,19). The SMILES string of the molecule is CCC(C)NC(=O)CCC(=O)N1CCCC1C(=O)O. The smallest absolute Gasteiger partial charge is 0.326 e. The van der Waals surface area contributed by atoms with Gasteiger partial charge in [-0.2, -0.15) is 0 Å². The highest BCUT2D eigenvalue weighted by molar-refractivity contribution is 5.87. The zero-order chi connectivity index (χ0) is 14.4. The summed E-state index contributed by atoms with van der Waals surface area (Å²) in [5, 5.41) is 11.8. The van der Waals surface area contributed by atoms with Gasteiger partial charge in [0.05, 0.1) is 0 Å². The van der Waals surface area contributed by atoms with Gasteiger partial charge in [0.2, 0.25) is 11.8 Å². The van der Waals surface area contributed by atoms with Crippen LogP contribution in [0.1, 0.15) is 46.0 Å². The summed E-state index contributed by atoms with van der Waals surface area (Å²) in [7, 11) is 0. The van der Waals surface area contributed by atoms with Crippen LogP contribution in [-0.4, -0.2) is 46.4 Å². The Morgan fingerprint density at radius 2 is 2.05 bits per heavy atom. The van der Waals surface area contributed by atoms with Crippen LogP contribution in [0.3, 0.4) is 0 Å². The predicted octanol–water partition coefficient (Wildman–Crippen LogP) is 0.757. The Labute approximate surface area is 113 Å². The number of nitrogens with one attached hydrogen (secondary N) is 1. The number of carbonyl (C=O) groups excluding carboxylic acids is 2. The normalized spacial score (nSPS) is 20.1. The average Bonchev–Trinajstić information content (AvgIpc) is 2.85. The molecule has 2 amide bonds. The van der Waals surface area contributed by atoms with Gasteiger partial charge in [-0.15, -0.1) is 0 Å². The van der Waals surface area contributed by atoms with Crippen molar-refractivity contribution >= 4 is 17.8 Å². The van der Waals surface area contributed by atoms with Crippen molar-refractivity contribution in [2.24, 2.45) is 0 Å². The van der Waals surface area contributed by atoms with E-state index in [0.717, 1.165) is 6.42 Å². The molecule has 2 N–H and O–H groups in total. The molecule has 19 heavy (non-hydrogen) atoms. The minimum absolute atomic E-state index is 0.0754. The summed E-state index contributed by atoms with van der Waals surface area (Å²) < 4.78 is 0. The molecule has 2 atom stereocenters. The number of carbonyl (C=O) groups is 3. The first-order chi connectivity index (χ1) is 8.95. The van der Waals surface area contributed by atoms with E-state index in [9.17, 15) is 14.4 Å². The van der Waals surface area contributed by atoms with Crippen molar-refractivity contribution in [1.82, 2.24) is 10.2 Å². The van der Waals surface area contributed by atoms with E-state index in [-0.39, 0.29) is 30.7 Å². The third-order valence-electron chi connectivity index (χ3n) is 3.44. The average molecular weight is 270 g/mol. The Balaban J connectivity index is 2.39. The molecule has 2 unspecified atom stereocenters. The molecule has 0 bridgehead atoms. The molecule has 0 aromatic heterocycles. The molecule has 6 nitrogen and oxygen atoms in total. The van der Waals surface area contributed by atoms with E-state index < -0.39 is 12.0 Å². The van der Waals surface area contributed by atoms with Gasteiger partial charge in [-0.25, -0.2) is 4.79 Å². The first kappa shape index (κ1) is 15.5. The first-order valence-electron chi connectivity index (χ1n) is 6.77. The van der Waals surface area contributed by atoms with Crippen molar-refractivity contribution < 1.29 is 19.5 Å². The van der Waals surface area contributed by atoms with Gasteiger partial charge in [-0.05, 0) is 26.2 Å². The monoisotopic (exact) mass is 270 g/mol. The van der Waals surface area contributed by atoms with E-state index in [4.69, 9.17) is 5.11 Å². The van der Waals surface area contributed by atoms with Gasteiger partial charge < -0.3 is 15.3 Å². The number of hydrogen-bond acceptors (Lipinski definition) is 3. The summed E-state index contributed by atoms with van der Waals surface area (Å²) in [5.74, 6) is -1.37. The Morgan fingerprint density at radius 3 is 2.63 bits per heavy atom. The molecule has 1 fully saturated rings. The van der Waals surface area contributed by atoms with Gasteiger partial charge in [0, 0.05) is 25.4 Å². The summed E-state index contributed by atoms with van der Waals surface area (Å²) in [6, 6.07) is -0.619. The maximum atomic E-state index is 11.9. The largest absolute Gasteiger partial charge is 0.480 e. The van der Waals surface area contributed by atoms with E-state index in [1.54, 1.807) is 0 Å². The molecule has 1 saturated heterocycles. The fourth-order valence-electron chi connectivity index (χ4n) is 2.14. The number of aliphatic carboxylic acids is 1. The minimum Gasteiger partial charge on any atom is -0.480 e. The summed E-state index contributed by atoms with van der Waals surface area (Å²) in [6.07, 6.45) is 2.24. The number of nitrogens with zero attached hydrogens (tertiary/aromatic N) is 1. The predicted molar refractivity (Wildman–Crippen MR) is 69.5 cm³/mol. The Bertz CT molecular complexity index is 357. The summed E-state index contributed by atoms with van der Waals surface area (Å²) in [4.78, 5) is 35.8. The molecule has 108 valence electrons. The number of amides is 2.